The molecule has 0 amide bonds. The first kappa shape index (κ1) is 26.4. The van der Waals surface area contributed by atoms with Crippen LogP contribution in [-0.2, 0) is 34.2 Å². The van der Waals surface area contributed by atoms with Gasteiger partial charge in [0.25, 0.3) is 0 Å². The van der Waals surface area contributed by atoms with E-state index in [0.717, 1.165) is 29.4 Å². The van der Waals surface area contributed by atoms with Crippen LogP contribution >= 0.6 is 11.8 Å². The minimum Gasteiger partial charge on any atom is -0.508 e. The predicted molar refractivity (Wildman–Crippen MR) is 137 cm³/mol. The van der Waals surface area contributed by atoms with E-state index in [0.29, 0.717) is 31.0 Å². The number of rotatable bonds is 13. The van der Waals surface area contributed by atoms with E-state index in [2.05, 4.69) is 0 Å². The molecule has 0 aromatic heterocycles. The summed E-state index contributed by atoms with van der Waals surface area (Å²) in [7, 11) is -3.56. The number of benzene rings is 3. The van der Waals surface area contributed by atoms with Crippen LogP contribution in [0.4, 0.5) is 0 Å². The quantitative estimate of drug-likeness (QED) is 0.323. The summed E-state index contributed by atoms with van der Waals surface area (Å²) in [5.74, 6) is 0.907. The zero-order chi connectivity index (χ0) is 25.3. The van der Waals surface area contributed by atoms with Gasteiger partial charge in [0.1, 0.15) is 22.5 Å². The van der Waals surface area contributed by atoms with Crippen molar-refractivity contribution in [2.45, 2.75) is 24.5 Å². The molecular weight excluding hydrogens is 488 g/mol. The van der Waals surface area contributed by atoms with Gasteiger partial charge in [0.05, 0.1) is 12.9 Å². The van der Waals surface area contributed by atoms with E-state index in [4.69, 9.17) is 8.92 Å². The van der Waals surface area contributed by atoms with Crippen molar-refractivity contribution in [2.75, 3.05) is 18.6 Å². The van der Waals surface area contributed by atoms with Crippen LogP contribution in [0.5, 0.6) is 17.2 Å². The van der Waals surface area contributed by atoms with E-state index >= 15 is 0 Å². The Labute approximate surface area is 209 Å². The van der Waals surface area contributed by atoms with Crippen LogP contribution in [0, 0.1) is 0 Å². The topological polar surface area (TPSA) is 110 Å². The Balaban J connectivity index is 1.43. The third-order valence-electron chi connectivity index (χ3n) is 5.10. The highest BCUT2D eigenvalue weighted by molar-refractivity contribution is 8.00. The molecule has 0 aliphatic carbocycles. The molecule has 7 nitrogen and oxygen atoms in total. The molecule has 35 heavy (non-hydrogen) atoms. The van der Waals surface area contributed by atoms with Gasteiger partial charge in [0.2, 0.25) is 0 Å². The summed E-state index contributed by atoms with van der Waals surface area (Å²) < 4.78 is 32.8. The van der Waals surface area contributed by atoms with Crippen LogP contribution in [0.3, 0.4) is 0 Å². The standard InChI is InChI=1S/C26H28O7S2/c1-35(30,31)33-24-12-10-23(11-13-24)32-16-14-19-2-4-21(5-3-19)18-25(26(28)29)34-17-15-20-6-8-22(27)9-7-20/h2-13,25,27H,14-18H2,1H3,(H,28,29). The highest BCUT2D eigenvalue weighted by Gasteiger charge is 2.18. The number of carboxylic acid groups (broad SMARTS) is 1. The van der Waals surface area contributed by atoms with Crippen molar-refractivity contribution >= 4 is 27.8 Å². The lowest BCUT2D eigenvalue weighted by atomic mass is 10.1. The first-order chi connectivity index (χ1) is 16.7. The van der Waals surface area contributed by atoms with Crippen LogP contribution in [0.2, 0.25) is 0 Å². The number of hydrogen-bond acceptors (Lipinski definition) is 7. The van der Waals surface area contributed by atoms with Crippen LogP contribution in [0.15, 0.2) is 72.8 Å². The first-order valence-corrected chi connectivity index (χ1v) is 13.9. The molecule has 0 fully saturated rings. The molecule has 3 aromatic rings. The summed E-state index contributed by atoms with van der Waals surface area (Å²) in [5.41, 5.74) is 3.09. The average Bonchev–Trinajstić information content (AvgIpc) is 2.81. The molecule has 0 heterocycles. The van der Waals surface area contributed by atoms with Gasteiger partial charge in [-0.25, -0.2) is 0 Å². The summed E-state index contributed by atoms with van der Waals surface area (Å²) in [6.07, 6.45) is 2.84. The molecule has 0 aliphatic rings. The Morgan fingerprint density at radius 2 is 1.40 bits per heavy atom. The van der Waals surface area contributed by atoms with E-state index in [1.54, 1.807) is 24.3 Å². The smallest absolute Gasteiger partial charge is 0.316 e. The molecule has 0 spiro atoms. The normalized spacial score (nSPS) is 12.1. The zero-order valence-corrected chi connectivity index (χ0v) is 20.9. The number of hydrogen-bond donors (Lipinski definition) is 2. The third-order valence-corrected chi connectivity index (χ3v) is 6.80. The van der Waals surface area contributed by atoms with Crippen molar-refractivity contribution < 1.29 is 32.3 Å². The maximum Gasteiger partial charge on any atom is 0.316 e. The molecule has 2 N–H and O–H groups in total. The maximum absolute atomic E-state index is 11.7. The van der Waals surface area contributed by atoms with E-state index < -0.39 is 21.3 Å². The number of aromatic hydroxyl groups is 1. The van der Waals surface area contributed by atoms with Gasteiger partial charge < -0.3 is 19.1 Å². The van der Waals surface area contributed by atoms with Crippen LogP contribution < -0.4 is 8.92 Å². The summed E-state index contributed by atoms with van der Waals surface area (Å²) in [6.45, 7) is 0.441. The number of carbonyl (C=O) groups is 1. The highest BCUT2D eigenvalue weighted by Crippen LogP contribution is 2.21. The molecule has 9 heteroatoms. The maximum atomic E-state index is 11.7. The van der Waals surface area contributed by atoms with Crippen molar-refractivity contribution in [3.63, 3.8) is 0 Å². The molecule has 186 valence electrons. The van der Waals surface area contributed by atoms with E-state index in [9.17, 15) is 23.4 Å². The first-order valence-electron chi connectivity index (χ1n) is 11.0. The van der Waals surface area contributed by atoms with Crippen LogP contribution in [-0.4, -0.2) is 48.5 Å². The fraction of sp³-hybridized carbons (Fsp3) is 0.269. The van der Waals surface area contributed by atoms with E-state index in [-0.39, 0.29) is 11.5 Å². The number of aliphatic carboxylic acids is 1. The van der Waals surface area contributed by atoms with Gasteiger partial charge in [0.15, 0.2) is 0 Å². The lowest BCUT2D eigenvalue weighted by molar-refractivity contribution is -0.136. The van der Waals surface area contributed by atoms with Gasteiger partial charge in [-0.2, -0.15) is 8.42 Å². The second-order valence-corrected chi connectivity index (χ2v) is 10.9. The highest BCUT2D eigenvalue weighted by atomic mass is 32.2. The SMILES string of the molecule is CS(=O)(=O)Oc1ccc(OCCc2ccc(CC(SCCc3ccc(O)cc3)C(=O)O)cc2)cc1. The monoisotopic (exact) mass is 516 g/mol. The number of phenolic OH excluding ortho intramolecular Hbond substituents is 1. The molecule has 3 rings (SSSR count). The van der Waals surface area contributed by atoms with Crippen LogP contribution in [0.1, 0.15) is 16.7 Å². The summed E-state index contributed by atoms with van der Waals surface area (Å²) in [6, 6.07) is 21.2. The number of ether oxygens (including phenoxy) is 1. The molecule has 3 aromatic carbocycles. The third kappa shape index (κ3) is 9.54. The second kappa shape index (κ2) is 12.5. The molecule has 0 radical (unpaired) electrons. The molecule has 1 unspecified atom stereocenters. The molecule has 0 aliphatic heterocycles. The van der Waals surface area contributed by atoms with Gasteiger partial charge in [-0.05, 0) is 71.7 Å². The van der Waals surface area contributed by atoms with Gasteiger partial charge in [-0.1, -0.05) is 36.4 Å². The Morgan fingerprint density at radius 3 is 2.00 bits per heavy atom. The fourth-order valence-corrected chi connectivity index (χ4v) is 4.86. The Morgan fingerprint density at radius 1 is 0.857 bits per heavy atom. The fourth-order valence-electron chi connectivity index (χ4n) is 3.31. The number of aryl methyl sites for hydroxylation is 1. The van der Waals surface area contributed by atoms with Crippen LogP contribution in [0.25, 0.3) is 0 Å². The van der Waals surface area contributed by atoms with Crippen molar-refractivity contribution in [1.82, 2.24) is 0 Å². The van der Waals surface area contributed by atoms with Crippen molar-refractivity contribution in [2.24, 2.45) is 0 Å². The van der Waals surface area contributed by atoms with Gasteiger partial charge in [0, 0.05) is 6.42 Å². The van der Waals surface area contributed by atoms with Gasteiger partial charge >= 0.3 is 16.1 Å². The van der Waals surface area contributed by atoms with Crippen molar-refractivity contribution in [3.05, 3.63) is 89.5 Å². The predicted octanol–water partition coefficient (Wildman–Crippen LogP) is 4.32. The van der Waals surface area contributed by atoms with Crippen molar-refractivity contribution in [3.8, 4) is 17.2 Å². The molecule has 1 atom stereocenters. The zero-order valence-electron chi connectivity index (χ0n) is 19.3. The molecule has 0 saturated heterocycles. The molecular formula is C26H28O7S2. The molecule has 0 bridgehead atoms. The average molecular weight is 517 g/mol. The summed E-state index contributed by atoms with van der Waals surface area (Å²) in [4.78, 5) is 11.7. The Kier molecular flexibility index (Phi) is 9.45. The lowest BCUT2D eigenvalue weighted by Crippen LogP contribution is -2.20. The Hall–Kier alpha value is -3.17. The van der Waals surface area contributed by atoms with Gasteiger partial charge in [-0.15, -0.1) is 11.8 Å². The van der Waals surface area contributed by atoms with E-state index in [1.807, 2.05) is 36.4 Å². The van der Waals surface area contributed by atoms with Crippen molar-refractivity contribution in [1.29, 1.82) is 0 Å². The largest absolute Gasteiger partial charge is 0.508 e. The lowest BCUT2D eigenvalue weighted by Gasteiger charge is -2.13. The van der Waals surface area contributed by atoms with Gasteiger partial charge in [-0.3, -0.25) is 4.79 Å². The summed E-state index contributed by atoms with van der Waals surface area (Å²) in [5, 5.41) is 18.4. The number of carboxylic acids is 1. The molecule has 0 saturated carbocycles. The second-order valence-electron chi connectivity index (χ2n) is 7.99. The Bertz CT molecular complexity index is 1190. The minimum atomic E-state index is -3.56. The van der Waals surface area contributed by atoms with E-state index in [1.165, 1.54) is 23.9 Å². The summed E-state index contributed by atoms with van der Waals surface area (Å²) >= 11 is 1.42. The number of phenols is 1. The number of thioether (sulfide) groups is 1. The minimum absolute atomic E-state index is 0.218.